The van der Waals surface area contributed by atoms with Gasteiger partial charge in [-0.05, 0) is 67.6 Å². The average molecular weight is 522 g/mol. The molecular weight excluding hydrogens is 489 g/mol. The predicted molar refractivity (Wildman–Crippen MR) is 137 cm³/mol. The summed E-state index contributed by atoms with van der Waals surface area (Å²) in [4.78, 5) is 15.5. The molecule has 1 fully saturated rings. The molecule has 2 aromatic rings. The Morgan fingerprint density at radius 2 is 1.94 bits per heavy atom. The maximum atomic E-state index is 13.5. The van der Waals surface area contributed by atoms with E-state index in [0.717, 1.165) is 49.9 Å². The van der Waals surface area contributed by atoms with E-state index < -0.39 is 16.1 Å². The fraction of sp³-hybridized carbons (Fsp3) is 0.500. The quantitative estimate of drug-likeness (QED) is 0.503. The minimum atomic E-state index is -3.92. The lowest BCUT2D eigenvalue weighted by Gasteiger charge is -2.29. The van der Waals surface area contributed by atoms with Crippen LogP contribution in [0.5, 0.6) is 0 Å². The highest BCUT2D eigenvalue weighted by atomic mass is 35.5. The first-order valence-corrected chi connectivity index (χ1v) is 14.2. The van der Waals surface area contributed by atoms with Crippen LogP contribution in [-0.4, -0.2) is 39.5 Å². The Balaban J connectivity index is 1.44. The molecule has 0 spiro atoms. The molecule has 1 aliphatic carbocycles. The van der Waals surface area contributed by atoms with Crippen molar-refractivity contribution in [2.45, 2.75) is 68.8 Å². The van der Waals surface area contributed by atoms with E-state index in [1.54, 1.807) is 24.3 Å². The van der Waals surface area contributed by atoms with Gasteiger partial charge in [0.2, 0.25) is 15.9 Å². The zero-order valence-corrected chi connectivity index (χ0v) is 21.5. The predicted octanol–water partition coefficient (Wildman–Crippen LogP) is 4.66. The van der Waals surface area contributed by atoms with E-state index in [4.69, 9.17) is 11.6 Å². The number of benzene rings is 2. The zero-order chi connectivity index (χ0) is 25.0. The van der Waals surface area contributed by atoms with Crippen molar-refractivity contribution in [3.05, 3.63) is 58.9 Å². The van der Waals surface area contributed by atoms with E-state index in [0.29, 0.717) is 23.9 Å². The molecule has 2 N–H and O–H groups in total. The summed E-state index contributed by atoms with van der Waals surface area (Å²) in [6, 6.07) is 9.74. The molecule has 35 heavy (non-hydrogen) atoms. The molecule has 0 saturated heterocycles. The fourth-order valence-corrected chi connectivity index (χ4v) is 6.71. The van der Waals surface area contributed by atoms with Crippen molar-refractivity contribution in [2.75, 3.05) is 18.0 Å². The fourth-order valence-electron chi connectivity index (χ4n) is 5.20. The van der Waals surface area contributed by atoms with Crippen LogP contribution in [0.1, 0.15) is 51.0 Å². The second-order valence-corrected chi connectivity index (χ2v) is 11.9. The molecular formula is C26H33ClFN3O3S. The van der Waals surface area contributed by atoms with E-state index in [2.05, 4.69) is 14.9 Å². The van der Waals surface area contributed by atoms with Gasteiger partial charge in [-0.1, -0.05) is 49.8 Å². The number of halogens is 2. The van der Waals surface area contributed by atoms with Crippen LogP contribution in [0.15, 0.2) is 47.4 Å². The second kappa shape index (κ2) is 11.3. The maximum Gasteiger partial charge on any atom is 0.241 e. The molecule has 1 saturated carbocycles. The lowest BCUT2D eigenvalue weighted by atomic mass is 9.85. The molecule has 0 aromatic heterocycles. The van der Waals surface area contributed by atoms with Gasteiger partial charge in [0.1, 0.15) is 11.9 Å². The third-order valence-corrected chi connectivity index (χ3v) is 8.63. The smallest absolute Gasteiger partial charge is 0.241 e. The number of rotatable bonds is 9. The highest BCUT2D eigenvalue weighted by Crippen LogP contribution is 2.29. The maximum absolute atomic E-state index is 13.5. The minimum Gasteiger partial charge on any atom is -0.369 e. The number of carbonyl (C=O) groups excluding carboxylic acids is 1. The van der Waals surface area contributed by atoms with Gasteiger partial charge in [0.25, 0.3) is 0 Å². The minimum absolute atomic E-state index is 0.0420. The molecule has 2 atom stereocenters. The van der Waals surface area contributed by atoms with Gasteiger partial charge in [0.05, 0.1) is 4.90 Å². The summed E-state index contributed by atoms with van der Waals surface area (Å²) in [5, 5.41) is 3.34. The second-order valence-electron chi connectivity index (χ2n) is 9.75. The normalized spacial score (nSPS) is 18.2. The summed E-state index contributed by atoms with van der Waals surface area (Å²) in [7, 11) is -3.92. The van der Waals surface area contributed by atoms with Crippen LogP contribution in [0.2, 0.25) is 5.02 Å². The first-order valence-electron chi connectivity index (χ1n) is 12.3. The highest BCUT2D eigenvalue weighted by molar-refractivity contribution is 7.89. The SMILES string of the molecule is C[C@@H](CN1CCc2cc(F)ccc21)NC(=O)[C@H](CC1CCCCC1)NS(=O)(=O)c1cccc(Cl)c1. The van der Waals surface area contributed by atoms with E-state index >= 15 is 0 Å². The number of carbonyl (C=O) groups is 1. The largest absolute Gasteiger partial charge is 0.369 e. The van der Waals surface area contributed by atoms with E-state index in [1.807, 2.05) is 6.92 Å². The molecule has 0 unspecified atom stereocenters. The molecule has 6 nitrogen and oxygen atoms in total. The third-order valence-electron chi connectivity index (χ3n) is 6.93. The van der Waals surface area contributed by atoms with Gasteiger partial charge in [0, 0.05) is 29.8 Å². The topological polar surface area (TPSA) is 78.5 Å². The summed E-state index contributed by atoms with van der Waals surface area (Å²) in [5.41, 5.74) is 1.95. The first-order chi connectivity index (χ1) is 16.7. The van der Waals surface area contributed by atoms with Crippen LogP contribution in [0, 0.1) is 11.7 Å². The lowest BCUT2D eigenvalue weighted by Crippen LogP contribution is -2.52. The van der Waals surface area contributed by atoms with Crippen LogP contribution >= 0.6 is 11.6 Å². The Hall–Kier alpha value is -2.16. The van der Waals surface area contributed by atoms with Crippen LogP contribution in [0.4, 0.5) is 10.1 Å². The summed E-state index contributed by atoms with van der Waals surface area (Å²) in [6.07, 6.45) is 6.61. The summed E-state index contributed by atoms with van der Waals surface area (Å²) in [5.74, 6) is -0.270. The van der Waals surface area contributed by atoms with E-state index in [-0.39, 0.29) is 22.7 Å². The van der Waals surface area contributed by atoms with E-state index in [1.165, 1.54) is 24.6 Å². The van der Waals surface area contributed by atoms with Crippen molar-refractivity contribution in [3.8, 4) is 0 Å². The number of fused-ring (bicyclic) bond motifs is 1. The van der Waals surface area contributed by atoms with Crippen molar-refractivity contribution in [3.63, 3.8) is 0 Å². The Morgan fingerprint density at radius 3 is 2.69 bits per heavy atom. The van der Waals surface area contributed by atoms with Crippen LogP contribution in [0.3, 0.4) is 0 Å². The molecule has 1 aliphatic heterocycles. The molecule has 9 heteroatoms. The number of anilines is 1. The Morgan fingerprint density at radius 1 is 1.17 bits per heavy atom. The number of nitrogens with zero attached hydrogens (tertiary/aromatic N) is 1. The van der Waals surface area contributed by atoms with Crippen molar-refractivity contribution in [1.82, 2.24) is 10.0 Å². The summed E-state index contributed by atoms with van der Waals surface area (Å²) in [6.45, 7) is 3.22. The molecule has 190 valence electrons. The molecule has 4 rings (SSSR count). The third kappa shape index (κ3) is 6.74. The Kier molecular flexibility index (Phi) is 8.34. The number of nitrogens with one attached hydrogen (secondary N) is 2. The lowest BCUT2D eigenvalue weighted by molar-refractivity contribution is -0.123. The molecule has 0 radical (unpaired) electrons. The van der Waals surface area contributed by atoms with Gasteiger partial charge in [-0.3, -0.25) is 4.79 Å². The van der Waals surface area contributed by atoms with Crippen molar-refractivity contribution in [2.24, 2.45) is 5.92 Å². The standard InChI is InChI=1S/C26H33ClFN3O3S/c1-18(17-31-13-12-20-15-22(28)10-11-25(20)31)29-26(32)24(14-19-6-3-2-4-7-19)30-35(33,34)23-9-5-8-21(27)16-23/h5,8-11,15-16,18-19,24,30H,2-4,6-7,12-14,17H2,1H3,(H,29,32)/t18-,24-/m0/s1. The number of amides is 1. The Labute approximate surface area is 212 Å². The number of hydrogen-bond donors (Lipinski definition) is 2. The highest BCUT2D eigenvalue weighted by Gasteiger charge is 2.30. The average Bonchev–Trinajstić information content (AvgIpc) is 3.20. The molecule has 2 aromatic carbocycles. The van der Waals surface area contributed by atoms with Gasteiger partial charge >= 0.3 is 0 Å². The zero-order valence-electron chi connectivity index (χ0n) is 20.0. The molecule has 2 aliphatic rings. The van der Waals surface area contributed by atoms with Crippen molar-refractivity contribution >= 4 is 33.2 Å². The monoisotopic (exact) mass is 521 g/mol. The first kappa shape index (κ1) is 25.9. The number of sulfonamides is 1. The van der Waals surface area contributed by atoms with E-state index in [9.17, 15) is 17.6 Å². The van der Waals surface area contributed by atoms with Crippen molar-refractivity contribution < 1.29 is 17.6 Å². The summed E-state index contributed by atoms with van der Waals surface area (Å²) < 4.78 is 42.4. The number of hydrogen-bond acceptors (Lipinski definition) is 4. The van der Waals surface area contributed by atoms with Crippen molar-refractivity contribution in [1.29, 1.82) is 0 Å². The molecule has 1 heterocycles. The van der Waals surface area contributed by atoms with Gasteiger partial charge in [0.15, 0.2) is 0 Å². The van der Waals surface area contributed by atoms with Gasteiger partial charge in [-0.25, -0.2) is 12.8 Å². The Bertz CT molecular complexity index is 1150. The van der Waals surface area contributed by atoms with Gasteiger partial charge in [-0.2, -0.15) is 4.72 Å². The molecule has 0 bridgehead atoms. The summed E-state index contributed by atoms with van der Waals surface area (Å²) >= 11 is 6.00. The van der Waals surface area contributed by atoms with Crippen LogP contribution in [0.25, 0.3) is 0 Å². The van der Waals surface area contributed by atoms with Gasteiger partial charge in [-0.15, -0.1) is 0 Å². The van der Waals surface area contributed by atoms with Crippen LogP contribution < -0.4 is 14.9 Å². The van der Waals surface area contributed by atoms with Gasteiger partial charge < -0.3 is 10.2 Å². The molecule has 1 amide bonds. The van der Waals surface area contributed by atoms with Crippen LogP contribution in [-0.2, 0) is 21.2 Å².